The summed E-state index contributed by atoms with van der Waals surface area (Å²) in [4.78, 5) is 27.7. The van der Waals surface area contributed by atoms with E-state index < -0.39 is 0 Å². The first-order chi connectivity index (χ1) is 16.9. The van der Waals surface area contributed by atoms with Crippen LogP contribution >= 0.6 is 0 Å². The molecule has 0 aliphatic carbocycles. The fraction of sp³-hybridized carbons (Fsp3) is 0.259. The summed E-state index contributed by atoms with van der Waals surface area (Å²) in [6.07, 6.45) is 3.82. The monoisotopic (exact) mass is 478 g/mol. The Morgan fingerprint density at radius 1 is 0.886 bits per heavy atom. The van der Waals surface area contributed by atoms with Crippen molar-refractivity contribution >= 4 is 17.7 Å². The van der Waals surface area contributed by atoms with Crippen molar-refractivity contribution in [2.24, 2.45) is 0 Å². The fourth-order valence-electron chi connectivity index (χ4n) is 3.56. The number of aromatic nitrogens is 1. The smallest absolute Gasteiger partial charge is 0.270 e. The maximum Gasteiger partial charge on any atom is 0.270 e. The molecule has 1 heterocycles. The number of carbonyl (C=O) groups is 1. The molecule has 3 rings (SSSR count). The predicted molar refractivity (Wildman–Crippen MR) is 135 cm³/mol. The Labute approximate surface area is 204 Å². The van der Waals surface area contributed by atoms with Crippen molar-refractivity contribution in [3.63, 3.8) is 0 Å². The van der Waals surface area contributed by atoms with Crippen LogP contribution in [-0.4, -0.2) is 57.4 Å². The number of likely N-dealkylation sites (N-methyl/N-ethyl adjacent to an activating group) is 1. The predicted octanol–water partition coefficient (Wildman–Crippen LogP) is 3.58. The fourth-order valence-corrected chi connectivity index (χ4v) is 3.56. The minimum atomic E-state index is -0.310. The van der Waals surface area contributed by atoms with Gasteiger partial charge in [-0.25, -0.2) is 0 Å². The molecule has 0 saturated heterocycles. The van der Waals surface area contributed by atoms with Gasteiger partial charge in [-0.1, -0.05) is 12.1 Å². The molecule has 8 heteroatoms. The van der Waals surface area contributed by atoms with Crippen molar-refractivity contribution < 1.29 is 23.7 Å². The summed E-state index contributed by atoms with van der Waals surface area (Å²) in [5.74, 6) is 2.11. The zero-order valence-corrected chi connectivity index (χ0v) is 20.6. The van der Waals surface area contributed by atoms with Crippen LogP contribution in [0, 0.1) is 0 Å². The lowest BCUT2D eigenvalue weighted by atomic mass is 10.1. The Balaban J connectivity index is 1.92. The van der Waals surface area contributed by atoms with Gasteiger partial charge in [0.1, 0.15) is 17.2 Å². The number of ether oxygens (including phenoxy) is 4. The zero-order chi connectivity index (χ0) is 25.4. The van der Waals surface area contributed by atoms with Crippen molar-refractivity contribution in [3.8, 4) is 23.0 Å². The van der Waals surface area contributed by atoms with E-state index in [0.29, 0.717) is 41.5 Å². The molecule has 0 aliphatic rings. The van der Waals surface area contributed by atoms with Crippen LogP contribution in [0.1, 0.15) is 11.1 Å². The molecule has 0 atom stereocenters. The van der Waals surface area contributed by atoms with Gasteiger partial charge >= 0.3 is 0 Å². The van der Waals surface area contributed by atoms with Crippen LogP contribution in [-0.2, 0) is 11.2 Å². The molecule has 0 saturated carbocycles. The van der Waals surface area contributed by atoms with Gasteiger partial charge in [-0.15, -0.1) is 0 Å². The van der Waals surface area contributed by atoms with Crippen LogP contribution in [0.5, 0.6) is 23.0 Å². The van der Waals surface area contributed by atoms with E-state index in [0.717, 1.165) is 5.56 Å². The van der Waals surface area contributed by atoms with Crippen LogP contribution in [0.15, 0.2) is 65.6 Å². The first-order valence-electron chi connectivity index (χ1n) is 11.0. The van der Waals surface area contributed by atoms with Crippen LogP contribution in [0.4, 0.5) is 0 Å². The number of amides is 1. The van der Waals surface area contributed by atoms with Gasteiger partial charge in [0.2, 0.25) is 0 Å². The van der Waals surface area contributed by atoms with Crippen LogP contribution < -0.4 is 24.5 Å². The van der Waals surface area contributed by atoms with Crippen molar-refractivity contribution in [1.82, 2.24) is 9.47 Å². The van der Waals surface area contributed by atoms with E-state index in [2.05, 4.69) is 0 Å². The number of hydrogen-bond donors (Lipinski definition) is 0. The Bertz CT molecular complexity index is 1240. The minimum absolute atomic E-state index is 0.209. The summed E-state index contributed by atoms with van der Waals surface area (Å²) in [5.41, 5.74) is 1.55. The lowest BCUT2D eigenvalue weighted by Gasteiger charge is -2.20. The molecular weight excluding hydrogens is 448 g/mol. The van der Waals surface area contributed by atoms with Gasteiger partial charge < -0.3 is 23.8 Å². The van der Waals surface area contributed by atoms with E-state index in [-0.39, 0.29) is 17.2 Å². The molecule has 0 unspecified atom stereocenters. The van der Waals surface area contributed by atoms with Gasteiger partial charge in [0, 0.05) is 31.9 Å². The van der Waals surface area contributed by atoms with Gasteiger partial charge in [-0.2, -0.15) is 0 Å². The molecule has 184 valence electrons. The van der Waals surface area contributed by atoms with Crippen LogP contribution in [0.3, 0.4) is 0 Å². The van der Waals surface area contributed by atoms with Crippen LogP contribution in [0.2, 0.25) is 0 Å². The second-order valence-corrected chi connectivity index (χ2v) is 7.75. The molecule has 0 radical (unpaired) electrons. The summed E-state index contributed by atoms with van der Waals surface area (Å²) in [7, 11) is 7.98. The summed E-state index contributed by atoms with van der Waals surface area (Å²) < 4.78 is 22.7. The standard InChI is InChI=1S/C27H30N2O6/c1-28(13-11-19-9-10-24(34-4)25(17-19)35-5)27(31)23(29-12-7-6-8-26(29)30)16-20-14-21(32-2)18-22(15-20)33-3/h6-10,12,14-18H,11,13H2,1-5H3/b23-16-. The molecule has 0 spiro atoms. The highest BCUT2D eigenvalue weighted by atomic mass is 16.5. The molecule has 0 aliphatic heterocycles. The summed E-state index contributed by atoms with van der Waals surface area (Å²) in [6.45, 7) is 0.425. The number of nitrogens with zero attached hydrogens (tertiary/aromatic N) is 2. The van der Waals surface area contributed by atoms with Gasteiger partial charge in [-0.05, 0) is 54.0 Å². The average molecular weight is 479 g/mol. The molecule has 1 amide bonds. The Kier molecular flexibility index (Phi) is 8.56. The Morgan fingerprint density at radius 3 is 2.17 bits per heavy atom. The van der Waals surface area contributed by atoms with Gasteiger partial charge in [0.25, 0.3) is 11.5 Å². The molecule has 35 heavy (non-hydrogen) atoms. The quantitative estimate of drug-likeness (QED) is 0.415. The van der Waals surface area contributed by atoms with Gasteiger partial charge in [0.15, 0.2) is 11.5 Å². The SMILES string of the molecule is COc1cc(/C=C(/C(=O)N(C)CCc2ccc(OC)c(OC)c2)n2ccccc2=O)cc(OC)c1. The van der Waals surface area contributed by atoms with Crippen molar-refractivity contribution in [2.75, 3.05) is 42.0 Å². The van der Waals surface area contributed by atoms with E-state index in [1.807, 2.05) is 18.2 Å². The van der Waals surface area contributed by atoms with Crippen LogP contribution in [0.25, 0.3) is 11.8 Å². The van der Waals surface area contributed by atoms with Gasteiger partial charge in [-0.3, -0.25) is 14.2 Å². The largest absolute Gasteiger partial charge is 0.497 e. The number of methoxy groups -OCH3 is 4. The van der Waals surface area contributed by atoms with E-state index >= 15 is 0 Å². The van der Waals surface area contributed by atoms with E-state index in [9.17, 15) is 9.59 Å². The molecular formula is C27H30N2O6. The number of pyridine rings is 1. The minimum Gasteiger partial charge on any atom is -0.497 e. The third-order valence-electron chi connectivity index (χ3n) is 5.51. The van der Waals surface area contributed by atoms with E-state index in [4.69, 9.17) is 18.9 Å². The maximum atomic E-state index is 13.5. The Morgan fingerprint density at radius 2 is 1.57 bits per heavy atom. The molecule has 0 N–H and O–H groups in total. The molecule has 8 nitrogen and oxygen atoms in total. The second-order valence-electron chi connectivity index (χ2n) is 7.75. The maximum absolute atomic E-state index is 13.5. The lowest BCUT2D eigenvalue weighted by molar-refractivity contribution is -0.124. The first-order valence-corrected chi connectivity index (χ1v) is 11.0. The molecule has 2 aromatic carbocycles. The van der Waals surface area contributed by atoms with Gasteiger partial charge in [0.05, 0.1) is 28.4 Å². The molecule has 3 aromatic rings. The third-order valence-corrected chi connectivity index (χ3v) is 5.51. The Hall–Kier alpha value is -4.20. The zero-order valence-electron chi connectivity index (χ0n) is 20.6. The number of hydrogen-bond acceptors (Lipinski definition) is 6. The van der Waals surface area contributed by atoms with Crippen molar-refractivity contribution in [2.45, 2.75) is 6.42 Å². The topological polar surface area (TPSA) is 79.2 Å². The molecule has 0 bridgehead atoms. The lowest BCUT2D eigenvalue weighted by Crippen LogP contribution is -2.33. The highest BCUT2D eigenvalue weighted by Crippen LogP contribution is 2.28. The molecule has 0 fully saturated rings. The average Bonchev–Trinajstić information content (AvgIpc) is 2.89. The highest BCUT2D eigenvalue weighted by Gasteiger charge is 2.18. The second kappa shape index (κ2) is 11.8. The summed E-state index contributed by atoms with van der Waals surface area (Å²) >= 11 is 0. The number of rotatable bonds is 10. The third kappa shape index (κ3) is 6.23. The van der Waals surface area contributed by atoms with Crippen molar-refractivity contribution in [1.29, 1.82) is 0 Å². The van der Waals surface area contributed by atoms with Crippen molar-refractivity contribution in [3.05, 3.63) is 82.3 Å². The summed E-state index contributed by atoms with van der Waals surface area (Å²) in [5, 5.41) is 0. The number of benzene rings is 2. The number of carbonyl (C=O) groups excluding carboxylic acids is 1. The summed E-state index contributed by atoms with van der Waals surface area (Å²) in [6, 6.07) is 15.7. The van der Waals surface area contributed by atoms with E-state index in [1.54, 1.807) is 83.0 Å². The molecule has 1 aromatic heterocycles. The van der Waals surface area contributed by atoms with E-state index in [1.165, 1.54) is 10.6 Å². The highest BCUT2D eigenvalue weighted by molar-refractivity contribution is 6.18. The normalized spacial score (nSPS) is 11.1. The first kappa shape index (κ1) is 25.4.